The molecule has 0 aliphatic heterocycles. The van der Waals surface area contributed by atoms with Crippen LogP contribution in [0.1, 0.15) is 15.9 Å². The number of nitrogens with zero attached hydrogens (tertiary/aromatic N) is 2. The number of rotatable bonds is 9. The van der Waals surface area contributed by atoms with Crippen molar-refractivity contribution in [1.29, 1.82) is 0 Å². The molecule has 3 rings (SSSR count). The first-order valence-electron chi connectivity index (χ1n) is 10.4. The average molecular weight is 415 g/mol. The lowest BCUT2D eigenvalue weighted by Gasteiger charge is -2.21. The first kappa shape index (κ1) is 22.3. The van der Waals surface area contributed by atoms with Gasteiger partial charge < -0.3 is 14.5 Å². The van der Waals surface area contributed by atoms with E-state index in [1.165, 1.54) is 0 Å². The normalized spacial score (nSPS) is 11.1. The third-order valence-electron chi connectivity index (χ3n) is 5.23. The third kappa shape index (κ3) is 6.06. The lowest BCUT2D eigenvalue weighted by molar-refractivity contribution is 0.104. The van der Waals surface area contributed by atoms with Crippen LogP contribution in [0.4, 0.5) is 5.69 Å². The Morgan fingerprint density at radius 2 is 1.58 bits per heavy atom. The zero-order valence-corrected chi connectivity index (χ0v) is 18.7. The number of hydrogen-bond acceptors (Lipinski definition) is 4. The molecule has 4 nitrogen and oxygen atoms in total. The van der Waals surface area contributed by atoms with Gasteiger partial charge in [-0.15, -0.1) is 0 Å². The van der Waals surface area contributed by atoms with Crippen LogP contribution in [0.15, 0.2) is 78.9 Å². The molecule has 0 saturated carbocycles. The van der Waals surface area contributed by atoms with E-state index in [9.17, 15) is 4.79 Å². The van der Waals surface area contributed by atoms with Crippen LogP contribution in [0.2, 0.25) is 0 Å². The van der Waals surface area contributed by atoms with Crippen molar-refractivity contribution in [2.45, 2.75) is 0 Å². The number of anilines is 1. The number of carbonyl (C=O) groups is 1. The van der Waals surface area contributed by atoms with Crippen LogP contribution in [0.3, 0.4) is 0 Å². The molecule has 0 bridgehead atoms. The summed E-state index contributed by atoms with van der Waals surface area (Å²) in [4.78, 5) is 17.1. The quantitative estimate of drug-likeness (QED) is 0.353. The van der Waals surface area contributed by atoms with Crippen molar-refractivity contribution < 1.29 is 9.53 Å². The molecule has 4 heteroatoms. The Bertz CT molecular complexity index is 1020. The van der Waals surface area contributed by atoms with E-state index < -0.39 is 0 Å². The van der Waals surface area contributed by atoms with Gasteiger partial charge in [-0.1, -0.05) is 36.4 Å². The Kier molecular flexibility index (Phi) is 7.63. The third-order valence-corrected chi connectivity index (χ3v) is 5.23. The van der Waals surface area contributed by atoms with E-state index in [-0.39, 0.29) is 5.78 Å². The van der Waals surface area contributed by atoms with Crippen LogP contribution in [0.25, 0.3) is 17.2 Å². The summed E-state index contributed by atoms with van der Waals surface area (Å²) in [5.41, 5.74) is 4.84. The fourth-order valence-electron chi connectivity index (χ4n) is 3.30. The van der Waals surface area contributed by atoms with E-state index in [0.29, 0.717) is 5.56 Å². The molecule has 0 spiro atoms. The van der Waals surface area contributed by atoms with Crippen LogP contribution >= 0.6 is 0 Å². The summed E-state index contributed by atoms with van der Waals surface area (Å²) in [5.74, 6) is 0.705. The largest absolute Gasteiger partial charge is 0.496 e. The van der Waals surface area contributed by atoms with Gasteiger partial charge in [0, 0.05) is 37.0 Å². The highest BCUT2D eigenvalue weighted by molar-refractivity contribution is 6.07. The highest BCUT2D eigenvalue weighted by Crippen LogP contribution is 2.27. The van der Waals surface area contributed by atoms with Crippen LogP contribution in [-0.4, -0.2) is 52.0 Å². The first-order valence-corrected chi connectivity index (χ1v) is 10.4. The lowest BCUT2D eigenvalue weighted by Crippen LogP contribution is -2.28. The number of allylic oxidation sites excluding steroid dienone is 1. The second-order valence-electron chi connectivity index (χ2n) is 7.79. The number of likely N-dealkylation sites (N-methyl/N-ethyl adjacent to an activating group) is 2. The van der Waals surface area contributed by atoms with Gasteiger partial charge in [0.25, 0.3) is 0 Å². The SMILES string of the molecule is COc1ccc(-c2ccccc2)cc1C=CC(=O)c1ccc(N(C)CCN(C)C)cc1. The van der Waals surface area contributed by atoms with E-state index in [1.807, 2.05) is 66.7 Å². The molecule has 0 aliphatic rings. The molecule has 0 amide bonds. The molecule has 3 aromatic rings. The van der Waals surface area contributed by atoms with E-state index in [0.717, 1.165) is 41.2 Å². The molecule has 0 saturated heterocycles. The summed E-state index contributed by atoms with van der Waals surface area (Å²) in [6.07, 6.45) is 3.43. The van der Waals surface area contributed by atoms with Crippen LogP contribution in [0.5, 0.6) is 5.75 Å². The standard InChI is InChI=1S/C27H30N2O2/c1-28(2)18-19-29(3)25-14-10-22(11-15-25)26(30)16-12-24-20-23(13-17-27(24)31-4)21-8-6-5-7-9-21/h5-17,20H,18-19H2,1-4H3. The number of benzene rings is 3. The van der Waals surface area contributed by atoms with Crippen molar-refractivity contribution in [3.8, 4) is 16.9 Å². The van der Waals surface area contributed by atoms with Crippen LogP contribution in [0, 0.1) is 0 Å². The molecular weight excluding hydrogens is 384 g/mol. The van der Waals surface area contributed by atoms with Gasteiger partial charge in [-0.3, -0.25) is 4.79 Å². The smallest absolute Gasteiger partial charge is 0.185 e. The van der Waals surface area contributed by atoms with Crippen LogP contribution in [-0.2, 0) is 0 Å². The van der Waals surface area contributed by atoms with E-state index in [2.05, 4.69) is 43.1 Å². The number of carbonyl (C=O) groups excluding carboxylic acids is 1. The lowest BCUT2D eigenvalue weighted by atomic mass is 10.0. The zero-order valence-electron chi connectivity index (χ0n) is 18.7. The molecule has 0 unspecified atom stereocenters. The molecule has 0 heterocycles. The number of methoxy groups -OCH3 is 1. The number of ether oxygens (including phenoxy) is 1. The Morgan fingerprint density at radius 3 is 2.23 bits per heavy atom. The topological polar surface area (TPSA) is 32.8 Å². The summed E-state index contributed by atoms with van der Waals surface area (Å²) in [5, 5.41) is 0. The minimum absolute atomic E-state index is 0.0327. The summed E-state index contributed by atoms with van der Waals surface area (Å²) in [6, 6.07) is 23.9. The fraction of sp³-hybridized carbons (Fsp3) is 0.222. The first-order chi connectivity index (χ1) is 15.0. The maximum absolute atomic E-state index is 12.7. The highest BCUT2D eigenvalue weighted by atomic mass is 16.5. The Morgan fingerprint density at radius 1 is 0.871 bits per heavy atom. The van der Waals surface area contributed by atoms with Gasteiger partial charge in [-0.05, 0) is 73.8 Å². The van der Waals surface area contributed by atoms with Crippen molar-refractivity contribution in [3.63, 3.8) is 0 Å². The maximum atomic E-state index is 12.7. The number of ketones is 1. The fourth-order valence-corrected chi connectivity index (χ4v) is 3.30. The van der Waals surface area contributed by atoms with Gasteiger partial charge in [0.1, 0.15) is 5.75 Å². The molecule has 0 atom stereocenters. The molecule has 0 N–H and O–H groups in total. The van der Waals surface area contributed by atoms with Crippen LogP contribution < -0.4 is 9.64 Å². The number of hydrogen-bond donors (Lipinski definition) is 0. The van der Waals surface area contributed by atoms with Crippen molar-refractivity contribution in [2.24, 2.45) is 0 Å². The summed E-state index contributed by atoms with van der Waals surface area (Å²) in [6.45, 7) is 1.90. The van der Waals surface area contributed by atoms with Gasteiger partial charge in [-0.2, -0.15) is 0 Å². The summed E-state index contributed by atoms with van der Waals surface area (Å²) < 4.78 is 5.48. The second kappa shape index (κ2) is 10.6. The minimum Gasteiger partial charge on any atom is -0.496 e. The van der Waals surface area contributed by atoms with Gasteiger partial charge in [0.05, 0.1) is 7.11 Å². The molecule has 0 aromatic heterocycles. The second-order valence-corrected chi connectivity index (χ2v) is 7.79. The molecule has 160 valence electrons. The molecule has 3 aromatic carbocycles. The molecule has 0 radical (unpaired) electrons. The van der Waals surface area contributed by atoms with Crippen molar-refractivity contribution >= 4 is 17.5 Å². The van der Waals surface area contributed by atoms with Crippen molar-refractivity contribution in [1.82, 2.24) is 4.90 Å². The Hall–Kier alpha value is -3.37. The van der Waals surface area contributed by atoms with E-state index >= 15 is 0 Å². The summed E-state index contributed by atoms with van der Waals surface area (Å²) >= 11 is 0. The van der Waals surface area contributed by atoms with Gasteiger partial charge in [0.15, 0.2) is 5.78 Å². The van der Waals surface area contributed by atoms with E-state index in [1.54, 1.807) is 13.2 Å². The Labute approximate surface area is 185 Å². The Balaban J connectivity index is 1.75. The monoisotopic (exact) mass is 414 g/mol. The van der Waals surface area contributed by atoms with Gasteiger partial charge in [-0.25, -0.2) is 0 Å². The predicted molar refractivity (Wildman–Crippen MR) is 130 cm³/mol. The van der Waals surface area contributed by atoms with E-state index in [4.69, 9.17) is 4.74 Å². The van der Waals surface area contributed by atoms with Gasteiger partial charge in [0.2, 0.25) is 0 Å². The van der Waals surface area contributed by atoms with Gasteiger partial charge >= 0.3 is 0 Å². The minimum atomic E-state index is -0.0327. The highest BCUT2D eigenvalue weighted by Gasteiger charge is 2.07. The average Bonchev–Trinajstić information content (AvgIpc) is 2.81. The molecule has 0 fully saturated rings. The molecule has 0 aliphatic carbocycles. The van der Waals surface area contributed by atoms with Crippen molar-refractivity contribution in [2.75, 3.05) is 46.2 Å². The predicted octanol–water partition coefficient (Wildman–Crippen LogP) is 5.26. The molecule has 31 heavy (non-hydrogen) atoms. The zero-order chi connectivity index (χ0) is 22.2. The maximum Gasteiger partial charge on any atom is 0.185 e. The van der Waals surface area contributed by atoms with Crippen molar-refractivity contribution in [3.05, 3.63) is 90.0 Å². The molecular formula is C27H30N2O2. The summed E-state index contributed by atoms with van der Waals surface area (Å²) in [7, 11) is 7.83.